The largest absolute Gasteiger partial charge is 0.491 e. The third kappa shape index (κ3) is 2.53. The van der Waals surface area contributed by atoms with Gasteiger partial charge in [0, 0.05) is 23.2 Å². The number of hydrogen-bond donors (Lipinski definition) is 1. The molecule has 1 aromatic carbocycles. The lowest BCUT2D eigenvalue weighted by molar-refractivity contribution is -0.119. The van der Waals surface area contributed by atoms with Gasteiger partial charge in [-0.25, -0.2) is 8.42 Å². The van der Waals surface area contributed by atoms with E-state index in [2.05, 4.69) is 5.32 Å². The predicted molar refractivity (Wildman–Crippen MR) is 61.5 cm³/mol. The lowest BCUT2D eigenvalue weighted by Gasteiger charge is -2.09. The topological polar surface area (TPSA) is 72.5 Å². The number of amides is 1. The highest BCUT2D eigenvalue weighted by atomic mass is 35.7. The molecule has 5 nitrogen and oxygen atoms in total. The maximum absolute atomic E-state index is 11.2. The Morgan fingerprint density at radius 1 is 1.53 bits per heavy atom. The number of carbonyl (C=O) groups is 1. The molecule has 92 valence electrons. The summed E-state index contributed by atoms with van der Waals surface area (Å²) in [6.07, 6.45) is 0. The fraction of sp³-hybridized carbons (Fsp3) is 0.300. The van der Waals surface area contributed by atoms with E-state index in [1.54, 1.807) is 0 Å². The summed E-state index contributed by atoms with van der Waals surface area (Å²) in [4.78, 5) is 11.0. The molecule has 1 unspecified atom stereocenters. The highest BCUT2D eigenvalue weighted by molar-refractivity contribution is 8.13. The van der Waals surface area contributed by atoms with E-state index in [9.17, 15) is 13.2 Å². The van der Waals surface area contributed by atoms with Crippen molar-refractivity contribution in [3.8, 4) is 5.75 Å². The Balaban J connectivity index is 2.40. The average Bonchev–Trinajstić information content (AvgIpc) is 2.59. The molecule has 1 heterocycles. The van der Waals surface area contributed by atoms with Crippen LogP contribution in [0.15, 0.2) is 23.1 Å². The van der Waals surface area contributed by atoms with Gasteiger partial charge in [0.15, 0.2) is 0 Å². The summed E-state index contributed by atoms with van der Waals surface area (Å²) in [5.41, 5.74) is 0.627. The van der Waals surface area contributed by atoms with Gasteiger partial charge in [-0.15, -0.1) is 0 Å². The molecule has 0 saturated heterocycles. The number of fused-ring (bicyclic) bond motifs is 1. The van der Waals surface area contributed by atoms with E-state index in [4.69, 9.17) is 15.4 Å². The van der Waals surface area contributed by atoms with Gasteiger partial charge in [-0.3, -0.25) is 4.79 Å². The first-order valence-electron chi connectivity index (χ1n) is 4.86. The SMILES string of the molecule is CC(=O)NC1COc2ccc(S(=O)(=O)Cl)cc21. The van der Waals surface area contributed by atoms with Crippen molar-refractivity contribution in [2.45, 2.75) is 17.9 Å². The second-order valence-electron chi connectivity index (χ2n) is 3.70. The standard InChI is InChI=1S/C10H10ClNO4S/c1-6(13)12-9-5-16-10-3-2-7(4-8(9)10)17(11,14)15/h2-4,9H,5H2,1H3,(H,12,13). The Labute approximate surface area is 103 Å². The summed E-state index contributed by atoms with van der Waals surface area (Å²) in [6.45, 7) is 1.68. The lowest BCUT2D eigenvalue weighted by atomic mass is 10.1. The minimum Gasteiger partial charge on any atom is -0.491 e. The molecule has 0 aliphatic carbocycles. The number of halogens is 1. The molecule has 1 atom stereocenters. The quantitative estimate of drug-likeness (QED) is 0.823. The molecular weight excluding hydrogens is 266 g/mol. The minimum atomic E-state index is -3.77. The molecule has 0 radical (unpaired) electrons. The summed E-state index contributed by atoms with van der Waals surface area (Å²) in [6, 6.07) is 4.00. The first-order valence-corrected chi connectivity index (χ1v) is 7.17. The minimum absolute atomic E-state index is 0.00114. The summed E-state index contributed by atoms with van der Waals surface area (Å²) in [5.74, 6) is 0.360. The van der Waals surface area contributed by atoms with Crippen molar-refractivity contribution in [3.05, 3.63) is 23.8 Å². The summed E-state index contributed by atoms with van der Waals surface area (Å²) < 4.78 is 27.7. The summed E-state index contributed by atoms with van der Waals surface area (Å²) in [5, 5.41) is 2.67. The zero-order valence-electron chi connectivity index (χ0n) is 8.94. The van der Waals surface area contributed by atoms with E-state index < -0.39 is 9.05 Å². The Bertz CT molecular complexity index is 570. The second-order valence-corrected chi connectivity index (χ2v) is 6.27. The van der Waals surface area contributed by atoms with Crippen LogP contribution in [0.3, 0.4) is 0 Å². The number of rotatable bonds is 2. The molecule has 0 aromatic heterocycles. The van der Waals surface area contributed by atoms with Crippen LogP contribution in [0.4, 0.5) is 0 Å². The van der Waals surface area contributed by atoms with Crippen molar-refractivity contribution in [2.75, 3.05) is 6.61 Å². The van der Waals surface area contributed by atoms with Gasteiger partial charge in [0.25, 0.3) is 9.05 Å². The molecule has 1 aromatic rings. The van der Waals surface area contributed by atoms with Crippen LogP contribution in [0.25, 0.3) is 0 Å². The van der Waals surface area contributed by atoms with Crippen molar-refractivity contribution < 1.29 is 17.9 Å². The maximum atomic E-state index is 11.2. The Kier molecular flexibility index (Phi) is 3.01. The van der Waals surface area contributed by atoms with Crippen LogP contribution in [-0.4, -0.2) is 20.9 Å². The van der Waals surface area contributed by atoms with Gasteiger partial charge in [0.1, 0.15) is 12.4 Å². The number of ether oxygens (including phenoxy) is 1. The van der Waals surface area contributed by atoms with E-state index >= 15 is 0 Å². The molecule has 2 rings (SSSR count). The number of carbonyl (C=O) groups excluding carboxylic acids is 1. The molecule has 1 amide bonds. The van der Waals surface area contributed by atoms with Crippen LogP contribution in [0.1, 0.15) is 18.5 Å². The van der Waals surface area contributed by atoms with Crippen LogP contribution in [0, 0.1) is 0 Å². The van der Waals surface area contributed by atoms with Gasteiger partial charge in [0.05, 0.1) is 10.9 Å². The molecule has 0 fully saturated rings. The first-order chi connectivity index (χ1) is 7.88. The molecule has 1 aliphatic heterocycles. The van der Waals surface area contributed by atoms with Crippen LogP contribution in [-0.2, 0) is 13.8 Å². The zero-order valence-corrected chi connectivity index (χ0v) is 10.5. The Hall–Kier alpha value is -1.27. The second kappa shape index (κ2) is 4.19. The van der Waals surface area contributed by atoms with E-state index in [0.717, 1.165) is 0 Å². The third-order valence-electron chi connectivity index (χ3n) is 2.42. The zero-order chi connectivity index (χ0) is 12.6. The van der Waals surface area contributed by atoms with Crippen LogP contribution in [0.5, 0.6) is 5.75 Å². The molecule has 7 heteroatoms. The molecule has 1 N–H and O–H groups in total. The first kappa shape index (κ1) is 12.2. The molecular formula is C10H10ClNO4S. The number of hydrogen-bond acceptors (Lipinski definition) is 4. The van der Waals surface area contributed by atoms with Gasteiger partial charge in [-0.1, -0.05) is 0 Å². The van der Waals surface area contributed by atoms with Gasteiger partial charge in [-0.05, 0) is 18.2 Å². The maximum Gasteiger partial charge on any atom is 0.261 e. The van der Waals surface area contributed by atoms with Gasteiger partial charge >= 0.3 is 0 Å². The number of nitrogens with one attached hydrogen (secondary N) is 1. The van der Waals surface area contributed by atoms with Crippen molar-refractivity contribution in [2.24, 2.45) is 0 Å². The molecule has 1 aliphatic rings. The highest BCUT2D eigenvalue weighted by Crippen LogP contribution is 2.34. The van der Waals surface area contributed by atoms with Crippen molar-refractivity contribution in [3.63, 3.8) is 0 Å². The van der Waals surface area contributed by atoms with Crippen LogP contribution >= 0.6 is 10.7 Å². The van der Waals surface area contributed by atoms with E-state index in [0.29, 0.717) is 17.9 Å². The van der Waals surface area contributed by atoms with Gasteiger partial charge in [-0.2, -0.15) is 0 Å². The molecule has 0 spiro atoms. The Morgan fingerprint density at radius 3 is 2.82 bits per heavy atom. The highest BCUT2D eigenvalue weighted by Gasteiger charge is 2.26. The monoisotopic (exact) mass is 275 g/mol. The van der Waals surface area contributed by atoms with Crippen LogP contribution in [0.2, 0.25) is 0 Å². The average molecular weight is 276 g/mol. The molecule has 0 bridgehead atoms. The van der Waals surface area contributed by atoms with Gasteiger partial charge in [0.2, 0.25) is 5.91 Å². The van der Waals surface area contributed by atoms with Crippen molar-refractivity contribution in [1.29, 1.82) is 0 Å². The van der Waals surface area contributed by atoms with E-state index in [-0.39, 0.29) is 16.8 Å². The summed E-state index contributed by atoms with van der Waals surface area (Å²) in [7, 11) is 1.49. The number of benzene rings is 1. The van der Waals surface area contributed by atoms with E-state index in [1.807, 2.05) is 0 Å². The van der Waals surface area contributed by atoms with Crippen LogP contribution < -0.4 is 10.1 Å². The summed E-state index contributed by atoms with van der Waals surface area (Å²) >= 11 is 0. The Morgan fingerprint density at radius 2 is 2.24 bits per heavy atom. The third-order valence-corrected chi connectivity index (χ3v) is 3.77. The molecule has 17 heavy (non-hydrogen) atoms. The van der Waals surface area contributed by atoms with Crippen molar-refractivity contribution >= 4 is 25.6 Å². The molecule has 0 saturated carbocycles. The van der Waals surface area contributed by atoms with Gasteiger partial charge < -0.3 is 10.1 Å². The van der Waals surface area contributed by atoms with E-state index in [1.165, 1.54) is 25.1 Å². The smallest absolute Gasteiger partial charge is 0.261 e. The normalized spacial score (nSPS) is 18.4. The fourth-order valence-corrected chi connectivity index (χ4v) is 2.50. The van der Waals surface area contributed by atoms with Crippen molar-refractivity contribution in [1.82, 2.24) is 5.32 Å². The predicted octanol–water partition coefficient (Wildman–Crippen LogP) is 1.18. The lowest BCUT2D eigenvalue weighted by Crippen LogP contribution is -2.26. The fourth-order valence-electron chi connectivity index (χ4n) is 1.71.